The molecule has 4 aromatic rings. The number of pyridine rings is 2. The van der Waals surface area contributed by atoms with Crippen LogP contribution in [0.4, 0.5) is 13.9 Å². The second-order valence-electron chi connectivity index (χ2n) is 7.18. The molecule has 1 aliphatic rings. The van der Waals surface area contributed by atoms with E-state index in [9.17, 15) is 13.6 Å². The molecule has 166 valence electrons. The van der Waals surface area contributed by atoms with E-state index in [0.717, 1.165) is 24.2 Å². The Morgan fingerprint density at radius 2 is 2.12 bits per heavy atom. The third-order valence-electron chi connectivity index (χ3n) is 4.89. The fraction of sp³-hybridized carbons (Fsp3) is 0.238. The van der Waals surface area contributed by atoms with Gasteiger partial charge in [0.25, 0.3) is 12.3 Å². The van der Waals surface area contributed by atoms with Crippen LogP contribution in [0.2, 0.25) is 0 Å². The van der Waals surface area contributed by atoms with Gasteiger partial charge < -0.3 is 4.74 Å². The fourth-order valence-corrected chi connectivity index (χ4v) is 3.69. The van der Waals surface area contributed by atoms with Crippen molar-refractivity contribution in [3.8, 4) is 28.7 Å². The summed E-state index contributed by atoms with van der Waals surface area (Å²) in [6.07, 6.45) is 3.43. The van der Waals surface area contributed by atoms with Crippen LogP contribution in [0, 0.1) is 17.8 Å². The van der Waals surface area contributed by atoms with Gasteiger partial charge in [0.1, 0.15) is 17.8 Å². The standard InChI is InChI=1S/C21H15F2N7O2S/c1-32-16-8-24-15(19(22)23)6-12(16)14-9-30-17(25-10-26-30)7-13(14)20(31)27-21-29-28-18(33-21)5-4-11-2-3-11/h6-11,19H,2-3H2,1H3,(H,27,29,31). The SMILES string of the molecule is COc1cnc(C(F)F)cc1-c1cn2ncnc2cc1C(=O)Nc1nnc(C#CC2CC2)s1. The molecule has 0 saturated heterocycles. The van der Waals surface area contributed by atoms with Crippen molar-refractivity contribution in [1.82, 2.24) is 29.8 Å². The van der Waals surface area contributed by atoms with E-state index in [1.165, 1.54) is 42.5 Å². The lowest BCUT2D eigenvalue weighted by molar-refractivity contribution is 0.102. The van der Waals surface area contributed by atoms with E-state index < -0.39 is 18.0 Å². The molecule has 0 unspecified atom stereocenters. The van der Waals surface area contributed by atoms with Crippen molar-refractivity contribution >= 4 is 28.0 Å². The van der Waals surface area contributed by atoms with Crippen molar-refractivity contribution in [1.29, 1.82) is 0 Å². The van der Waals surface area contributed by atoms with Crippen molar-refractivity contribution in [2.75, 3.05) is 12.4 Å². The molecule has 1 amide bonds. The highest BCUT2D eigenvalue weighted by molar-refractivity contribution is 7.15. The Balaban J connectivity index is 1.54. The number of alkyl halides is 2. The Labute approximate surface area is 189 Å². The largest absolute Gasteiger partial charge is 0.494 e. The van der Waals surface area contributed by atoms with E-state index >= 15 is 0 Å². The number of aromatic nitrogens is 6. The predicted molar refractivity (Wildman–Crippen MR) is 115 cm³/mol. The molecule has 0 bridgehead atoms. The van der Waals surface area contributed by atoms with E-state index in [1.807, 2.05) is 0 Å². The molecule has 1 N–H and O–H groups in total. The zero-order chi connectivity index (χ0) is 22.9. The maximum absolute atomic E-state index is 13.3. The predicted octanol–water partition coefficient (Wildman–Crippen LogP) is 3.60. The van der Waals surface area contributed by atoms with Crippen LogP contribution >= 0.6 is 11.3 Å². The van der Waals surface area contributed by atoms with Crippen LogP contribution in [0.3, 0.4) is 0 Å². The van der Waals surface area contributed by atoms with E-state index in [2.05, 4.69) is 42.4 Å². The van der Waals surface area contributed by atoms with Crippen LogP contribution in [0.25, 0.3) is 16.8 Å². The molecule has 0 atom stereocenters. The van der Waals surface area contributed by atoms with Crippen LogP contribution in [-0.4, -0.2) is 42.8 Å². The number of fused-ring (bicyclic) bond motifs is 1. The molecule has 0 spiro atoms. The zero-order valence-electron chi connectivity index (χ0n) is 17.1. The van der Waals surface area contributed by atoms with E-state index in [1.54, 1.807) is 0 Å². The molecule has 1 saturated carbocycles. The second kappa shape index (κ2) is 8.51. The van der Waals surface area contributed by atoms with Crippen molar-refractivity contribution < 1.29 is 18.3 Å². The molecular formula is C21H15F2N7O2S. The van der Waals surface area contributed by atoms with Gasteiger partial charge in [-0.05, 0) is 30.9 Å². The first kappa shape index (κ1) is 20.9. The summed E-state index contributed by atoms with van der Waals surface area (Å²) in [6.45, 7) is 0. The molecular weight excluding hydrogens is 452 g/mol. The summed E-state index contributed by atoms with van der Waals surface area (Å²) in [5, 5.41) is 15.5. The summed E-state index contributed by atoms with van der Waals surface area (Å²) in [6, 6.07) is 2.70. The molecule has 1 aliphatic carbocycles. The van der Waals surface area contributed by atoms with Gasteiger partial charge in [0.15, 0.2) is 10.7 Å². The monoisotopic (exact) mass is 467 g/mol. The number of halogens is 2. The topological polar surface area (TPSA) is 107 Å². The number of anilines is 1. The number of amides is 1. The summed E-state index contributed by atoms with van der Waals surface area (Å²) in [4.78, 5) is 21.0. The van der Waals surface area contributed by atoms with Gasteiger partial charge in [0.05, 0.1) is 18.9 Å². The lowest BCUT2D eigenvalue weighted by Crippen LogP contribution is -2.14. The molecule has 5 rings (SSSR count). The van der Waals surface area contributed by atoms with Crippen LogP contribution in [0.5, 0.6) is 5.75 Å². The second-order valence-corrected chi connectivity index (χ2v) is 8.16. The Kier molecular flexibility index (Phi) is 5.39. The summed E-state index contributed by atoms with van der Waals surface area (Å²) >= 11 is 1.15. The number of hydrogen-bond donors (Lipinski definition) is 1. The van der Waals surface area contributed by atoms with Gasteiger partial charge in [-0.2, -0.15) is 5.10 Å². The van der Waals surface area contributed by atoms with Crippen molar-refractivity contribution in [2.45, 2.75) is 19.3 Å². The highest BCUT2D eigenvalue weighted by Crippen LogP contribution is 2.35. The minimum absolute atomic E-state index is 0.168. The Bertz CT molecular complexity index is 1420. The third kappa shape index (κ3) is 4.35. The molecule has 0 aromatic carbocycles. The quantitative estimate of drug-likeness (QED) is 0.447. The van der Waals surface area contributed by atoms with Gasteiger partial charge in [-0.3, -0.25) is 15.1 Å². The average molecular weight is 467 g/mol. The summed E-state index contributed by atoms with van der Waals surface area (Å²) in [5.74, 6) is 6.17. The molecule has 0 aliphatic heterocycles. The van der Waals surface area contributed by atoms with Crippen LogP contribution in [0.1, 0.15) is 40.3 Å². The maximum atomic E-state index is 13.3. The van der Waals surface area contributed by atoms with Gasteiger partial charge in [-0.15, -0.1) is 10.2 Å². The Morgan fingerprint density at radius 1 is 1.27 bits per heavy atom. The smallest absolute Gasteiger partial charge is 0.280 e. The number of carbonyl (C=O) groups is 1. The highest BCUT2D eigenvalue weighted by Gasteiger charge is 2.22. The van der Waals surface area contributed by atoms with Gasteiger partial charge >= 0.3 is 0 Å². The lowest BCUT2D eigenvalue weighted by atomic mass is 10.0. The average Bonchev–Trinajstić information content (AvgIpc) is 3.35. The normalized spacial score (nSPS) is 13.1. The molecule has 33 heavy (non-hydrogen) atoms. The number of carbonyl (C=O) groups excluding carboxylic acids is 1. The highest BCUT2D eigenvalue weighted by atomic mass is 32.1. The molecule has 9 nitrogen and oxygen atoms in total. The third-order valence-corrected chi connectivity index (χ3v) is 5.64. The van der Waals surface area contributed by atoms with Crippen LogP contribution in [0.15, 0.2) is 30.9 Å². The summed E-state index contributed by atoms with van der Waals surface area (Å²) in [5.41, 5.74) is 0.697. The first-order valence-corrected chi connectivity index (χ1v) is 10.7. The number of hydrogen-bond acceptors (Lipinski definition) is 8. The van der Waals surface area contributed by atoms with Crippen LogP contribution < -0.4 is 10.1 Å². The first-order chi connectivity index (χ1) is 16.0. The van der Waals surface area contributed by atoms with Crippen molar-refractivity contribution in [3.05, 3.63) is 47.1 Å². The van der Waals surface area contributed by atoms with Crippen molar-refractivity contribution in [2.24, 2.45) is 5.92 Å². The first-order valence-electron chi connectivity index (χ1n) is 9.84. The van der Waals surface area contributed by atoms with Crippen LogP contribution in [-0.2, 0) is 0 Å². The van der Waals surface area contributed by atoms with Gasteiger partial charge in [-0.25, -0.2) is 18.3 Å². The van der Waals surface area contributed by atoms with E-state index in [0.29, 0.717) is 22.1 Å². The minimum atomic E-state index is -2.79. The molecule has 4 aromatic heterocycles. The molecule has 4 heterocycles. The minimum Gasteiger partial charge on any atom is -0.494 e. The number of methoxy groups -OCH3 is 1. The number of nitrogens with one attached hydrogen (secondary N) is 1. The van der Waals surface area contributed by atoms with Gasteiger partial charge in [-0.1, -0.05) is 17.3 Å². The number of rotatable bonds is 5. The fourth-order valence-electron chi connectivity index (χ4n) is 3.09. The van der Waals surface area contributed by atoms with E-state index in [-0.39, 0.29) is 22.0 Å². The Hall–Kier alpha value is -3.98. The van der Waals surface area contributed by atoms with Gasteiger partial charge in [0.2, 0.25) is 5.13 Å². The maximum Gasteiger partial charge on any atom is 0.280 e. The van der Waals surface area contributed by atoms with Crippen molar-refractivity contribution in [3.63, 3.8) is 0 Å². The summed E-state index contributed by atoms with van der Waals surface area (Å²) < 4.78 is 33.4. The zero-order valence-corrected chi connectivity index (χ0v) is 17.9. The molecule has 12 heteroatoms. The van der Waals surface area contributed by atoms with Gasteiger partial charge in [0, 0.05) is 23.2 Å². The number of nitrogens with zero attached hydrogens (tertiary/aromatic N) is 6. The number of ether oxygens (including phenoxy) is 1. The molecule has 0 radical (unpaired) electrons. The Morgan fingerprint density at radius 3 is 2.88 bits per heavy atom. The summed E-state index contributed by atoms with van der Waals surface area (Å²) in [7, 11) is 1.39. The van der Waals surface area contributed by atoms with E-state index in [4.69, 9.17) is 4.74 Å². The molecule has 1 fully saturated rings. The lowest BCUT2D eigenvalue weighted by Gasteiger charge is -2.14.